The van der Waals surface area contributed by atoms with Crippen molar-refractivity contribution in [1.82, 2.24) is 9.80 Å². The Bertz CT molecular complexity index is 601. The summed E-state index contributed by atoms with van der Waals surface area (Å²) in [6, 6.07) is 8.46. The van der Waals surface area contributed by atoms with Gasteiger partial charge in [-0.3, -0.25) is 9.69 Å². The molecule has 144 valence electrons. The number of amides is 1. The Labute approximate surface area is 156 Å². The summed E-state index contributed by atoms with van der Waals surface area (Å²) in [5, 5.41) is 9.96. The normalized spacial score (nSPS) is 26.8. The van der Waals surface area contributed by atoms with E-state index in [4.69, 9.17) is 4.74 Å². The first-order chi connectivity index (χ1) is 12.6. The molecule has 5 nitrogen and oxygen atoms in total. The van der Waals surface area contributed by atoms with Crippen molar-refractivity contribution in [2.45, 2.75) is 57.4 Å². The molecule has 0 unspecified atom stereocenters. The van der Waals surface area contributed by atoms with Crippen molar-refractivity contribution >= 4 is 5.91 Å². The van der Waals surface area contributed by atoms with Crippen molar-refractivity contribution in [2.24, 2.45) is 5.92 Å². The first-order valence-electron chi connectivity index (χ1n) is 9.83. The fourth-order valence-electron chi connectivity index (χ4n) is 4.28. The number of rotatable bonds is 6. The number of likely N-dealkylation sites (tertiary alicyclic amines) is 1. The predicted molar refractivity (Wildman–Crippen MR) is 102 cm³/mol. The third-order valence-corrected chi connectivity index (χ3v) is 5.90. The third-order valence-electron chi connectivity index (χ3n) is 5.90. The smallest absolute Gasteiger partial charge is 0.225 e. The van der Waals surface area contributed by atoms with Gasteiger partial charge in [0.2, 0.25) is 5.91 Å². The Hall–Kier alpha value is -1.43. The van der Waals surface area contributed by atoms with Gasteiger partial charge in [0.1, 0.15) is 0 Å². The summed E-state index contributed by atoms with van der Waals surface area (Å²) in [6.07, 6.45) is 3.87. The highest BCUT2D eigenvalue weighted by atomic mass is 16.5. The molecule has 1 amide bonds. The summed E-state index contributed by atoms with van der Waals surface area (Å²) >= 11 is 0. The van der Waals surface area contributed by atoms with Crippen molar-refractivity contribution in [3.63, 3.8) is 0 Å². The zero-order valence-corrected chi connectivity index (χ0v) is 16.1. The van der Waals surface area contributed by atoms with E-state index >= 15 is 0 Å². The minimum atomic E-state index is -0.449. The molecule has 0 aromatic heterocycles. The van der Waals surface area contributed by atoms with Crippen molar-refractivity contribution in [3.05, 3.63) is 35.4 Å². The molecule has 2 fully saturated rings. The molecule has 0 bridgehead atoms. The standard InChI is InChI=1S/C21H32N2O3/c1-22(21(25)16-9-10-19(24)20(13-16)26-2)14-17-7-3-4-8-18(17)15-23-11-5-6-12-23/h3-4,7-8,16,19-20,24H,5-6,9-15H2,1-2H3/t16-,19+,20-/m1/s1. The maximum absolute atomic E-state index is 12.9. The number of aliphatic hydroxyl groups is 1. The summed E-state index contributed by atoms with van der Waals surface area (Å²) in [6.45, 7) is 3.96. The van der Waals surface area contributed by atoms with Crippen molar-refractivity contribution in [1.29, 1.82) is 0 Å². The highest BCUT2D eigenvalue weighted by molar-refractivity contribution is 5.78. The number of aliphatic hydroxyl groups excluding tert-OH is 1. The fraction of sp³-hybridized carbons (Fsp3) is 0.667. The number of carbonyl (C=O) groups is 1. The average Bonchev–Trinajstić information content (AvgIpc) is 3.16. The molecule has 1 saturated heterocycles. The van der Waals surface area contributed by atoms with Crippen molar-refractivity contribution in [3.8, 4) is 0 Å². The molecule has 1 aliphatic heterocycles. The topological polar surface area (TPSA) is 53.0 Å². The minimum Gasteiger partial charge on any atom is -0.390 e. The maximum atomic E-state index is 12.9. The molecule has 26 heavy (non-hydrogen) atoms. The first kappa shape index (κ1) is 19.3. The number of carbonyl (C=O) groups excluding carboxylic acids is 1. The van der Waals surface area contributed by atoms with Crippen molar-refractivity contribution in [2.75, 3.05) is 27.2 Å². The van der Waals surface area contributed by atoms with E-state index < -0.39 is 6.10 Å². The van der Waals surface area contributed by atoms with Gasteiger partial charge >= 0.3 is 0 Å². The predicted octanol–water partition coefficient (Wildman–Crippen LogP) is 2.42. The highest BCUT2D eigenvalue weighted by Crippen LogP contribution is 2.28. The lowest BCUT2D eigenvalue weighted by atomic mass is 9.84. The molecule has 1 aromatic rings. The molecule has 1 N–H and O–H groups in total. The second-order valence-corrected chi connectivity index (χ2v) is 7.80. The fourth-order valence-corrected chi connectivity index (χ4v) is 4.28. The van der Waals surface area contributed by atoms with E-state index in [1.165, 1.54) is 37.1 Å². The van der Waals surface area contributed by atoms with Crippen LogP contribution in [0, 0.1) is 5.92 Å². The van der Waals surface area contributed by atoms with Crippen LogP contribution in [0.3, 0.4) is 0 Å². The minimum absolute atomic E-state index is 0.0564. The maximum Gasteiger partial charge on any atom is 0.225 e. The van der Waals surface area contributed by atoms with Crippen LogP contribution in [-0.4, -0.2) is 60.3 Å². The third kappa shape index (κ3) is 4.64. The van der Waals surface area contributed by atoms with Crippen LogP contribution >= 0.6 is 0 Å². The van der Waals surface area contributed by atoms with Gasteiger partial charge in [0, 0.05) is 33.2 Å². The van der Waals surface area contributed by atoms with Crippen LogP contribution < -0.4 is 0 Å². The molecule has 1 aliphatic carbocycles. The number of ether oxygens (including phenoxy) is 1. The SMILES string of the molecule is CO[C@@H]1C[C@H](C(=O)N(C)Cc2ccccc2CN2CCCC2)CC[C@@H]1O. The lowest BCUT2D eigenvalue weighted by Crippen LogP contribution is -2.42. The van der Waals surface area contributed by atoms with E-state index in [1.807, 2.05) is 11.9 Å². The molecule has 1 saturated carbocycles. The summed E-state index contributed by atoms with van der Waals surface area (Å²) in [5.41, 5.74) is 2.55. The van der Waals surface area contributed by atoms with Gasteiger partial charge in [0.05, 0.1) is 12.2 Å². The molecule has 0 radical (unpaired) electrons. The van der Waals surface area contributed by atoms with Crippen LogP contribution in [0.4, 0.5) is 0 Å². The number of hydrogen-bond donors (Lipinski definition) is 1. The number of methoxy groups -OCH3 is 1. The molecule has 0 spiro atoms. The monoisotopic (exact) mass is 360 g/mol. The van der Waals surface area contributed by atoms with Gasteiger partial charge in [-0.05, 0) is 56.3 Å². The van der Waals surface area contributed by atoms with E-state index in [1.54, 1.807) is 7.11 Å². The Morgan fingerprint density at radius 1 is 1.23 bits per heavy atom. The summed E-state index contributed by atoms with van der Waals surface area (Å²) < 4.78 is 5.35. The van der Waals surface area contributed by atoms with E-state index in [-0.39, 0.29) is 17.9 Å². The highest BCUT2D eigenvalue weighted by Gasteiger charge is 2.34. The largest absolute Gasteiger partial charge is 0.390 e. The van der Waals surface area contributed by atoms with E-state index in [0.717, 1.165) is 13.0 Å². The molecule has 1 heterocycles. The van der Waals surface area contributed by atoms with Crippen LogP contribution in [0.15, 0.2) is 24.3 Å². The van der Waals surface area contributed by atoms with E-state index in [0.29, 0.717) is 19.4 Å². The zero-order valence-electron chi connectivity index (χ0n) is 16.1. The van der Waals surface area contributed by atoms with Gasteiger partial charge in [-0.2, -0.15) is 0 Å². The summed E-state index contributed by atoms with van der Waals surface area (Å²) in [7, 11) is 3.50. The molecule has 2 aliphatic rings. The molecule has 3 atom stereocenters. The van der Waals surface area contributed by atoms with E-state index in [2.05, 4.69) is 29.2 Å². The molecule has 1 aromatic carbocycles. The Balaban J connectivity index is 1.62. The average molecular weight is 360 g/mol. The van der Waals surface area contributed by atoms with Gasteiger partial charge in [-0.25, -0.2) is 0 Å². The van der Waals surface area contributed by atoms with Crippen LogP contribution in [0.5, 0.6) is 0 Å². The second kappa shape index (κ2) is 8.98. The zero-order chi connectivity index (χ0) is 18.5. The first-order valence-corrected chi connectivity index (χ1v) is 9.83. The van der Waals surface area contributed by atoms with E-state index in [9.17, 15) is 9.90 Å². The van der Waals surface area contributed by atoms with Gasteiger partial charge in [-0.1, -0.05) is 24.3 Å². The molecular weight excluding hydrogens is 328 g/mol. The number of benzene rings is 1. The van der Waals surface area contributed by atoms with Crippen LogP contribution in [-0.2, 0) is 22.6 Å². The van der Waals surface area contributed by atoms with Crippen LogP contribution in [0.2, 0.25) is 0 Å². The number of hydrogen-bond acceptors (Lipinski definition) is 4. The lowest BCUT2D eigenvalue weighted by molar-refractivity contribution is -0.140. The second-order valence-electron chi connectivity index (χ2n) is 7.80. The Kier molecular flexibility index (Phi) is 6.68. The van der Waals surface area contributed by atoms with Crippen LogP contribution in [0.1, 0.15) is 43.2 Å². The van der Waals surface area contributed by atoms with Crippen LogP contribution in [0.25, 0.3) is 0 Å². The lowest BCUT2D eigenvalue weighted by Gasteiger charge is -2.33. The van der Waals surface area contributed by atoms with Crippen molar-refractivity contribution < 1.29 is 14.6 Å². The molecule has 5 heteroatoms. The Morgan fingerprint density at radius 2 is 1.92 bits per heavy atom. The van der Waals surface area contributed by atoms with Gasteiger partial charge in [-0.15, -0.1) is 0 Å². The van der Waals surface area contributed by atoms with Gasteiger partial charge < -0.3 is 14.7 Å². The number of nitrogens with zero attached hydrogens (tertiary/aromatic N) is 2. The Morgan fingerprint density at radius 3 is 2.62 bits per heavy atom. The van der Waals surface area contributed by atoms with Gasteiger partial charge in [0.15, 0.2) is 0 Å². The molecule has 3 rings (SSSR count). The summed E-state index contributed by atoms with van der Waals surface area (Å²) in [5.74, 6) is 0.106. The quantitative estimate of drug-likeness (QED) is 0.846. The van der Waals surface area contributed by atoms with Gasteiger partial charge in [0.25, 0.3) is 0 Å². The summed E-state index contributed by atoms with van der Waals surface area (Å²) in [4.78, 5) is 17.2. The molecular formula is C21H32N2O3.